The van der Waals surface area contributed by atoms with Crippen molar-refractivity contribution in [3.8, 4) is 0 Å². The molecule has 0 amide bonds. The number of hydrogen-bond donors (Lipinski definition) is 0. The largest absolute Gasteiger partial charge is 0.0940 e. The molecule has 21 heavy (non-hydrogen) atoms. The first-order valence-electron chi connectivity index (χ1n) is 10.0. The van der Waals surface area contributed by atoms with E-state index in [9.17, 15) is 0 Å². The molecule has 0 spiro atoms. The molecule has 0 heterocycles. The minimum atomic E-state index is 0.304. The highest BCUT2D eigenvalue weighted by Gasteiger charge is 2.54. The van der Waals surface area contributed by atoms with Crippen LogP contribution in [0.2, 0.25) is 0 Å². The summed E-state index contributed by atoms with van der Waals surface area (Å²) in [4.78, 5) is 0. The molecule has 0 nitrogen and oxygen atoms in total. The summed E-state index contributed by atoms with van der Waals surface area (Å²) in [7, 11) is 0.304. The first kappa shape index (κ1) is 15.0. The first-order chi connectivity index (χ1) is 10.3. The third-order valence-corrected chi connectivity index (χ3v) is 12.4. The summed E-state index contributed by atoms with van der Waals surface area (Å²) in [6.45, 7) is 2.42. The number of unbranched alkanes of at least 4 members (excludes halogenated alkanes) is 1. The van der Waals surface area contributed by atoms with Crippen molar-refractivity contribution in [2.45, 2.75) is 107 Å². The van der Waals surface area contributed by atoms with Crippen LogP contribution in [-0.4, -0.2) is 16.5 Å². The molecule has 0 atom stereocenters. The highest BCUT2D eigenvalue weighted by molar-refractivity contribution is 7.61. The zero-order valence-corrected chi connectivity index (χ0v) is 15.1. The molecular formula is C20H35P. The molecule has 6 aliphatic rings. The van der Waals surface area contributed by atoms with Crippen molar-refractivity contribution >= 4 is 7.92 Å². The molecule has 0 saturated heterocycles. The van der Waals surface area contributed by atoms with E-state index in [0.29, 0.717) is 7.92 Å². The maximum absolute atomic E-state index is 2.42. The van der Waals surface area contributed by atoms with Crippen LogP contribution >= 0.6 is 7.92 Å². The van der Waals surface area contributed by atoms with Gasteiger partial charge in [-0.3, -0.25) is 0 Å². The predicted molar refractivity (Wildman–Crippen MR) is 94.5 cm³/mol. The number of rotatable bonds is 5. The molecule has 120 valence electrons. The van der Waals surface area contributed by atoms with Crippen molar-refractivity contribution < 1.29 is 0 Å². The van der Waals surface area contributed by atoms with Crippen LogP contribution in [0.5, 0.6) is 0 Å². The van der Waals surface area contributed by atoms with Gasteiger partial charge in [-0.1, -0.05) is 21.3 Å². The Labute approximate surface area is 133 Å². The molecule has 6 fully saturated rings. The Balaban J connectivity index is 1.61. The molecule has 0 unspecified atom stereocenters. The van der Waals surface area contributed by atoms with E-state index in [0.717, 1.165) is 22.1 Å². The van der Waals surface area contributed by atoms with Crippen LogP contribution in [0.4, 0.5) is 0 Å². The van der Waals surface area contributed by atoms with Crippen LogP contribution in [0.3, 0.4) is 0 Å². The lowest BCUT2D eigenvalue weighted by Gasteiger charge is -2.61. The first-order valence-corrected chi connectivity index (χ1v) is 11.6. The van der Waals surface area contributed by atoms with E-state index >= 15 is 0 Å². The Morgan fingerprint density at radius 2 is 1.10 bits per heavy atom. The maximum Gasteiger partial charge on any atom is -0.00891 e. The fourth-order valence-corrected chi connectivity index (χ4v) is 11.5. The lowest BCUT2D eigenvalue weighted by Crippen LogP contribution is -2.48. The Kier molecular flexibility index (Phi) is 4.15. The van der Waals surface area contributed by atoms with Gasteiger partial charge in [0.1, 0.15) is 0 Å². The van der Waals surface area contributed by atoms with E-state index in [1.807, 2.05) is 0 Å². The van der Waals surface area contributed by atoms with Crippen molar-refractivity contribution in [2.24, 2.45) is 11.8 Å². The van der Waals surface area contributed by atoms with Gasteiger partial charge in [-0.2, -0.15) is 0 Å². The van der Waals surface area contributed by atoms with Crippen molar-refractivity contribution in [1.82, 2.24) is 0 Å². The molecule has 4 bridgehead atoms. The van der Waals surface area contributed by atoms with Gasteiger partial charge in [0, 0.05) is 0 Å². The van der Waals surface area contributed by atoms with Crippen LogP contribution in [0.15, 0.2) is 0 Å². The normalized spacial score (nSPS) is 46.7. The molecule has 0 radical (unpaired) electrons. The minimum absolute atomic E-state index is 0.304. The summed E-state index contributed by atoms with van der Waals surface area (Å²) in [6.07, 6.45) is 24.0. The van der Waals surface area contributed by atoms with Gasteiger partial charge in [0.2, 0.25) is 0 Å². The average molecular weight is 306 g/mol. The van der Waals surface area contributed by atoms with Gasteiger partial charge in [-0.05, 0) is 112 Å². The topological polar surface area (TPSA) is 0 Å². The van der Waals surface area contributed by atoms with Gasteiger partial charge >= 0.3 is 0 Å². The fourth-order valence-electron chi connectivity index (χ4n) is 6.56. The third kappa shape index (κ3) is 2.52. The van der Waals surface area contributed by atoms with E-state index in [-0.39, 0.29) is 0 Å². The smallest absolute Gasteiger partial charge is 0.00891 e. The van der Waals surface area contributed by atoms with Gasteiger partial charge in [0.15, 0.2) is 0 Å². The average Bonchev–Trinajstić information content (AvgIpc) is 2.58. The predicted octanol–water partition coefficient (Wildman–Crippen LogP) is 6.71. The quantitative estimate of drug-likeness (QED) is 0.495. The zero-order valence-electron chi connectivity index (χ0n) is 14.2. The van der Waals surface area contributed by atoms with E-state index in [1.165, 1.54) is 12.8 Å². The molecule has 0 aromatic carbocycles. The second kappa shape index (κ2) is 5.81. The van der Waals surface area contributed by atoms with Gasteiger partial charge < -0.3 is 0 Å². The van der Waals surface area contributed by atoms with Crippen molar-refractivity contribution in [3.05, 3.63) is 0 Å². The molecule has 6 rings (SSSR count). The summed E-state index contributed by atoms with van der Waals surface area (Å²) in [6, 6.07) is 0. The zero-order chi connectivity index (χ0) is 14.3. The molecule has 0 aromatic heterocycles. The van der Waals surface area contributed by atoms with Crippen LogP contribution < -0.4 is 0 Å². The molecular weight excluding hydrogens is 271 g/mol. The van der Waals surface area contributed by atoms with E-state index in [4.69, 9.17) is 0 Å². The van der Waals surface area contributed by atoms with Gasteiger partial charge in [0.25, 0.3) is 0 Å². The van der Waals surface area contributed by atoms with Gasteiger partial charge in [-0.15, -0.1) is 0 Å². The summed E-state index contributed by atoms with van der Waals surface area (Å²) < 4.78 is 0. The summed E-state index contributed by atoms with van der Waals surface area (Å²) >= 11 is 0. The van der Waals surface area contributed by atoms with Crippen LogP contribution in [-0.2, 0) is 0 Å². The lowest BCUT2D eigenvalue weighted by atomic mass is 9.69. The Bertz CT molecular complexity index is 298. The molecule has 0 aromatic rings. The molecule has 0 aliphatic heterocycles. The SMILES string of the molecule is CCCCP(C12CCC(CC1)CC2)C12CCC(CC1)CC2. The summed E-state index contributed by atoms with van der Waals surface area (Å²) in [5.74, 6) is 2.27. The second-order valence-corrected chi connectivity index (χ2v) is 12.1. The summed E-state index contributed by atoms with van der Waals surface area (Å²) in [5, 5.41) is 1.73. The third-order valence-electron chi connectivity index (χ3n) is 7.99. The maximum atomic E-state index is 2.42. The van der Waals surface area contributed by atoms with Crippen molar-refractivity contribution in [3.63, 3.8) is 0 Å². The number of hydrogen-bond acceptors (Lipinski definition) is 0. The van der Waals surface area contributed by atoms with Gasteiger partial charge in [0.05, 0.1) is 0 Å². The van der Waals surface area contributed by atoms with Crippen LogP contribution in [0.1, 0.15) is 96.8 Å². The van der Waals surface area contributed by atoms with Gasteiger partial charge in [-0.25, -0.2) is 0 Å². The van der Waals surface area contributed by atoms with E-state index < -0.39 is 0 Å². The summed E-state index contributed by atoms with van der Waals surface area (Å²) in [5.41, 5.74) is 0. The number of fused-ring (bicyclic) bond motifs is 6. The molecule has 0 N–H and O–H groups in total. The molecule has 6 saturated carbocycles. The molecule has 6 aliphatic carbocycles. The Morgan fingerprint density at radius 1 is 0.714 bits per heavy atom. The fraction of sp³-hybridized carbons (Fsp3) is 1.00. The molecule has 1 heteroatoms. The lowest BCUT2D eigenvalue weighted by molar-refractivity contribution is 0.172. The second-order valence-electron chi connectivity index (χ2n) is 8.92. The monoisotopic (exact) mass is 306 g/mol. The minimum Gasteiger partial charge on any atom is -0.0940 e. The highest BCUT2D eigenvalue weighted by atomic mass is 31.1. The van der Waals surface area contributed by atoms with E-state index in [1.54, 1.807) is 83.2 Å². The van der Waals surface area contributed by atoms with Crippen molar-refractivity contribution in [1.29, 1.82) is 0 Å². The van der Waals surface area contributed by atoms with Crippen molar-refractivity contribution in [2.75, 3.05) is 6.16 Å². The van der Waals surface area contributed by atoms with Crippen LogP contribution in [0, 0.1) is 11.8 Å². The Hall–Kier alpha value is 0.430. The highest BCUT2D eigenvalue weighted by Crippen LogP contribution is 2.74. The standard InChI is InChI=1S/C20H35P/c1-2-3-16-21(19-10-4-17(5-11-19)6-12-19)20-13-7-18(8-14-20)9-15-20/h17-18H,2-16H2,1H3. The van der Waals surface area contributed by atoms with Crippen LogP contribution in [0.25, 0.3) is 0 Å². The van der Waals surface area contributed by atoms with E-state index in [2.05, 4.69) is 6.92 Å². The Morgan fingerprint density at radius 3 is 1.43 bits per heavy atom.